The molecule has 1 heterocycles. The topological polar surface area (TPSA) is 54.7 Å². The molecule has 1 aromatic heterocycles. The van der Waals surface area contributed by atoms with Gasteiger partial charge in [-0.2, -0.15) is 0 Å². The molecular weight excluding hydrogens is 328 g/mol. The lowest BCUT2D eigenvalue weighted by molar-refractivity contribution is -0.123. The SMILES string of the molecule is CCN(CC)C(CNC(=O)COc1ccc(Cl)cc1)c1ccco1. The number of rotatable bonds is 9. The Morgan fingerprint density at radius 1 is 1.25 bits per heavy atom. The average Bonchev–Trinajstić information content (AvgIpc) is 3.12. The van der Waals surface area contributed by atoms with Crippen molar-refractivity contribution in [2.75, 3.05) is 26.2 Å². The van der Waals surface area contributed by atoms with Crippen LogP contribution in [0.2, 0.25) is 5.02 Å². The predicted octanol–water partition coefficient (Wildman–Crippen LogP) is 3.51. The van der Waals surface area contributed by atoms with Gasteiger partial charge >= 0.3 is 0 Å². The van der Waals surface area contributed by atoms with Gasteiger partial charge < -0.3 is 14.5 Å². The smallest absolute Gasteiger partial charge is 0.258 e. The number of amides is 1. The molecule has 1 atom stereocenters. The average molecular weight is 351 g/mol. The van der Waals surface area contributed by atoms with E-state index in [0.29, 0.717) is 17.3 Å². The second-order valence-corrected chi connectivity index (χ2v) is 5.74. The molecule has 5 nitrogen and oxygen atoms in total. The number of benzene rings is 1. The van der Waals surface area contributed by atoms with E-state index < -0.39 is 0 Å². The Morgan fingerprint density at radius 3 is 2.54 bits per heavy atom. The van der Waals surface area contributed by atoms with Gasteiger partial charge in [0.1, 0.15) is 11.5 Å². The van der Waals surface area contributed by atoms with Crippen LogP contribution in [0, 0.1) is 0 Å². The molecule has 0 saturated heterocycles. The summed E-state index contributed by atoms with van der Waals surface area (Å²) in [6.45, 7) is 6.36. The number of furan rings is 1. The van der Waals surface area contributed by atoms with Gasteiger partial charge in [0.2, 0.25) is 0 Å². The lowest BCUT2D eigenvalue weighted by Crippen LogP contribution is -2.39. The quantitative estimate of drug-likeness (QED) is 0.752. The van der Waals surface area contributed by atoms with Gasteiger partial charge in [-0.1, -0.05) is 25.4 Å². The van der Waals surface area contributed by atoms with E-state index in [1.165, 1.54) is 0 Å². The van der Waals surface area contributed by atoms with Gasteiger partial charge in [0.15, 0.2) is 6.61 Å². The number of halogens is 1. The van der Waals surface area contributed by atoms with Gasteiger partial charge in [0, 0.05) is 11.6 Å². The first-order chi connectivity index (χ1) is 11.6. The van der Waals surface area contributed by atoms with Crippen LogP contribution in [0.5, 0.6) is 5.75 Å². The Balaban J connectivity index is 1.86. The van der Waals surface area contributed by atoms with E-state index in [1.807, 2.05) is 12.1 Å². The fraction of sp³-hybridized carbons (Fsp3) is 0.389. The zero-order valence-corrected chi connectivity index (χ0v) is 14.8. The summed E-state index contributed by atoms with van der Waals surface area (Å²) < 4.78 is 11.0. The van der Waals surface area contributed by atoms with Crippen molar-refractivity contribution in [3.8, 4) is 5.75 Å². The van der Waals surface area contributed by atoms with Gasteiger partial charge in [0.05, 0.1) is 12.3 Å². The van der Waals surface area contributed by atoms with E-state index in [4.69, 9.17) is 20.8 Å². The summed E-state index contributed by atoms with van der Waals surface area (Å²) >= 11 is 5.82. The minimum atomic E-state index is -0.173. The first kappa shape index (κ1) is 18.4. The van der Waals surface area contributed by atoms with Crippen molar-refractivity contribution < 1.29 is 13.9 Å². The number of carbonyl (C=O) groups is 1. The van der Waals surface area contributed by atoms with Crippen LogP contribution in [0.1, 0.15) is 25.6 Å². The lowest BCUT2D eigenvalue weighted by atomic mass is 10.2. The molecule has 0 aliphatic carbocycles. The van der Waals surface area contributed by atoms with Crippen LogP contribution in [0.3, 0.4) is 0 Å². The van der Waals surface area contributed by atoms with Gasteiger partial charge in [0.25, 0.3) is 5.91 Å². The van der Waals surface area contributed by atoms with E-state index in [-0.39, 0.29) is 18.6 Å². The second-order valence-electron chi connectivity index (χ2n) is 5.30. The lowest BCUT2D eigenvalue weighted by Gasteiger charge is -2.28. The molecule has 1 aromatic carbocycles. The van der Waals surface area contributed by atoms with Gasteiger partial charge in [-0.05, 0) is 49.5 Å². The van der Waals surface area contributed by atoms with Crippen molar-refractivity contribution in [2.24, 2.45) is 0 Å². The van der Waals surface area contributed by atoms with Crippen molar-refractivity contribution in [1.29, 1.82) is 0 Å². The third-order valence-electron chi connectivity index (χ3n) is 3.80. The summed E-state index contributed by atoms with van der Waals surface area (Å²) in [4.78, 5) is 14.3. The summed E-state index contributed by atoms with van der Waals surface area (Å²) in [5.41, 5.74) is 0. The van der Waals surface area contributed by atoms with Crippen molar-refractivity contribution in [1.82, 2.24) is 10.2 Å². The number of nitrogens with one attached hydrogen (secondary N) is 1. The van der Waals surface area contributed by atoms with Gasteiger partial charge in [-0.3, -0.25) is 9.69 Å². The van der Waals surface area contributed by atoms with E-state index >= 15 is 0 Å². The molecule has 0 aliphatic heterocycles. The molecule has 1 amide bonds. The fourth-order valence-corrected chi connectivity index (χ4v) is 2.62. The maximum absolute atomic E-state index is 12.0. The zero-order chi connectivity index (χ0) is 17.4. The highest BCUT2D eigenvalue weighted by molar-refractivity contribution is 6.30. The highest BCUT2D eigenvalue weighted by Crippen LogP contribution is 2.20. The highest BCUT2D eigenvalue weighted by atomic mass is 35.5. The molecule has 0 saturated carbocycles. The van der Waals surface area contributed by atoms with Crippen molar-refractivity contribution >= 4 is 17.5 Å². The number of hydrogen-bond donors (Lipinski definition) is 1. The highest BCUT2D eigenvalue weighted by Gasteiger charge is 2.21. The monoisotopic (exact) mass is 350 g/mol. The van der Waals surface area contributed by atoms with E-state index in [0.717, 1.165) is 18.8 Å². The first-order valence-corrected chi connectivity index (χ1v) is 8.44. The Kier molecular flexibility index (Phi) is 7.15. The van der Waals surface area contributed by atoms with E-state index in [9.17, 15) is 4.79 Å². The third kappa shape index (κ3) is 5.28. The van der Waals surface area contributed by atoms with Crippen LogP contribution in [-0.4, -0.2) is 37.0 Å². The van der Waals surface area contributed by atoms with Crippen LogP contribution in [0.25, 0.3) is 0 Å². The Labute approximate surface area is 147 Å². The fourth-order valence-electron chi connectivity index (χ4n) is 2.50. The minimum absolute atomic E-state index is 0.00878. The molecule has 0 spiro atoms. The summed E-state index contributed by atoms with van der Waals surface area (Å²) in [5.74, 6) is 1.28. The van der Waals surface area contributed by atoms with Crippen LogP contribution in [0.4, 0.5) is 0 Å². The van der Waals surface area contributed by atoms with Crippen LogP contribution < -0.4 is 10.1 Å². The molecular formula is C18H23ClN2O3. The summed E-state index contributed by atoms with van der Waals surface area (Å²) in [6, 6.07) is 10.7. The maximum Gasteiger partial charge on any atom is 0.258 e. The standard InChI is InChI=1S/C18H23ClN2O3/c1-3-21(4-2)16(17-6-5-11-23-17)12-20-18(22)13-24-15-9-7-14(19)8-10-15/h5-11,16H,3-4,12-13H2,1-2H3,(H,20,22). The van der Waals surface area contributed by atoms with E-state index in [1.54, 1.807) is 30.5 Å². The number of nitrogens with zero attached hydrogens (tertiary/aromatic N) is 1. The normalized spacial score (nSPS) is 12.2. The molecule has 2 aromatic rings. The molecule has 24 heavy (non-hydrogen) atoms. The molecule has 6 heteroatoms. The number of ether oxygens (including phenoxy) is 1. The Hall–Kier alpha value is -1.98. The summed E-state index contributed by atoms with van der Waals surface area (Å²) in [6.07, 6.45) is 1.65. The van der Waals surface area contributed by atoms with Gasteiger partial charge in [-0.25, -0.2) is 0 Å². The molecule has 130 valence electrons. The molecule has 2 rings (SSSR count). The number of likely N-dealkylation sites (N-methyl/N-ethyl adjacent to an activating group) is 1. The maximum atomic E-state index is 12.0. The zero-order valence-electron chi connectivity index (χ0n) is 14.0. The van der Waals surface area contributed by atoms with Crippen molar-refractivity contribution in [2.45, 2.75) is 19.9 Å². The molecule has 1 N–H and O–H groups in total. The Morgan fingerprint density at radius 2 is 1.96 bits per heavy atom. The summed E-state index contributed by atoms with van der Waals surface area (Å²) in [5, 5.41) is 3.54. The number of hydrogen-bond acceptors (Lipinski definition) is 4. The van der Waals surface area contributed by atoms with Crippen LogP contribution in [-0.2, 0) is 4.79 Å². The van der Waals surface area contributed by atoms with Crippen LogP contribution in [0.15, 0.2) is 47.1 Å². The molecule has 0 fully saturated rings. The predicted molar refractivity (Wildman–Crippen MR) is 94.3 cm³/mol. The minimum Gasteiger partial charge on any atom is -0.484 e. The van der Waals surface area contributed by atoms with Crippen molar-refractivity contribution in [3.05, 3.63) is 53.4 Å². The first-order valence-electron chi connectivity index (χ1n) is 8.06. The molecule has 1 unspecified atom stereocenters. The van der Waals surface area contributed by atoms with Crippen LogP contribution >= 0.6 is 11.6 Å². The summed E-state index contributed by atoms with van der Waals surface area (Å²) in [7, 11) is 0. The Bertz CT molecular complexity index is 610. The van der Waals surface area contributed by atoms with Crippen molar-refractivity contribution in [3.63, 3.8) is 0 Å². The second kappa shape index (κ2) is 9.35. The molecule has 0 aliphatic rings. The third-order valence-corrected chi connectivity index (χ3v) is 4.05. The largest absolute Gasteiger partial charge is 0.484 e. The number of carbonyl (C=O) groups excluding carboxylic acids is 1. The van der Waals surface area contributed by atoms with E-state index in [2.05, 4.69) is 24.1 Å². The molecule has 0 bridgehead atoms. The van der Waals surface area contributed by atoms with Gasteiger partial charge in [-0.15, -0.1) is 0 Å². The molecule has 0 radical (unpaired) electrons.